The van der Waals surface area contributed by atoms with E-state index in [-0.39, 0.29) is 4.70 Å². The number of hydrogen-bond acceptors (Lipinski definition) is 5. The minimum atomic E-state index is 0.168. The standard InChI is InChI=1S/C21H18N5S/c1-16-11-13-18(14-12-16)26(17-7-3-2-4-8-17)23-15-22-25(26)21-24-19-9-5-6-10-20(19)27-21/h2-15H,1H3,(H,22,23)/q+1. The Morgan fingerprint density at radius 2 is 1.56 bits per heavy atom. The van der Waals surface area contributed by atoms with Crippen molar-refractivity contribution in [3.05, 3.63) is 84.4 Å². The molecule has 0 saturated carbocycles. The number of hydrogen-bond donors (Lipinski definition) is 1. The van der Waals surface area contributed by atoms with Gasteiger partial charge < -0.3 is 0 Å². The summed E-state index contributed by atoms with van der Waals surface area (Å²) in [5, 5.41) is 7.72. The number of benzene rings is 3. The quantitative estimate of drug-likeness (QED) is 0.507. The summed E-state index contributed by atoms with van der Waals surface area (Å²) in [6, 6.07) is 26.9. The van der Waals surface area contributed by atoms with Crippen LogP contribution in [-0.2, 0) is 0 Å². The number of fused-ring (bicyclic) bond motifs is 1. The van der Waals surface area contributed by atoms with Crippen molar-refractivity contribution < 1.29 is 0 Å². The highest BCUT2D eigenvalue weighted by molar-refractivity contribution is 7.22. The van der Waals surface area contributed by atoms with Gasteiger partial charge in [0.2, 0.25) is 0 Å². The van der Waals surface area contributed by atoms with Gasteiger partial charge in [-0.3, -0.25) is 0 Å². The van der Waals surface area contributed by atoms with Crippen LogP contribution in [0.1, 0.15) is 5.56 Å². The van der Waals surface area contributed by atoms with Crippen LogP contribution in [0.5, 0.6) is 0 Å². The fraction of sp³-hybridized carbons (Fsp3) is 0.0476. The van der Waals surface area contributed by atoms with Crippen LogP contribution in [0.2, 0.25) is 0 Å². The number of quaternary nitrogens is 1. The monoisotopic (exact) mass is 372 g/mol. The number of nitrogens with zero attached hydrogens (tertiary/aromatic N) is 4. The number of aryl methyl sites for hydroxylation is 1. The van der Waals surface area contributed by atoms with E-state index >= 15 is 0 Å². The zero-order valence-electron chi connectivity index (χ0n) is 14.8. The van der Waals surface area contributed by atoms with Crippen molar-refractivity contribution in [1.29, 1.82) is 0 Å². The Hall–Kier alpha value is -3.22. The van der Waals surface area contributed by atoms with E-state index in [4.69, 9.17) is 10.1 Å². The smallest absolute Gasteiger partial charge is 0.233 e. The molecule has 1 atom stereocenters. The summed E-state index contributed by atoms with van der Waals surface area (Å²) in [6.45, 7) is 2.09. The Kier molecular flexibility index (Phi) is 3.67. The summed E-state index contributed by atoms with van der Waals surface area (Å²) < 4.78 is 1.32. The lowest BCUT2D eigenvalue weighted by Crippen LogP contribution is -2.55. The van der Waals surface area contributed by atoms with Crippen molar-refractivity contribution in [3.63, 3.8) is 0 Å². The van der Waals surface area contributed by atoms with Crippen LogP contribution in [0.4, 0.5) is 16.5 Å². The maximum absolute atomic E-state index is 4.86. The highest BCUT2D eigenvalue weighted by Crippen LogP contribution is 2.42. The van der Waals surface area contributed by atoms with Gasteiger partial charge >= 0.3 is 0 Å². The second kappa shape index (κ2) is 6.19. The molecule has 4 aromatic rings. The molecule has 5 rings (SSSR count). The number of hydrazine groups is 1. The van der Waals surface area contributed by atoms with Gasteiger partial charge in [-0.05, 0) is 28.9 Å². The van der Waals surface area contributed by atoms with E-state index in [1.165, 1.54) is 5.56 Å². The molecule has 0 fully saturated rings. The first-order chi connectivity index (χ1) is 13.3. The highest BCUT2D eigenvalue weighted by Gasteiger charge is 2.47. The fourth-order valence-corrected chi connectivity index (χ4v) is 4.29. The van der Waals surface area contributed by atoms with E-state index < -0.39 is 0 Å². The first kappa shape index (κ1) is 16.0. The van der Waals surface area contributed by atoms with E-state index in [0.29, 0.717) is 0 Å². The lowest BCUT2D eigenvalue weighted by molar-refractivity contribution is 0.382. The summed E-state index contributed by atoms with van der Waals surface area (Å²) in [5.41, 5.74) is 7.56. The Morgan fingerprint density at radius 3 is 2.33 bits per heavy atom. The Morgan fingerprint density at radius 1 is 0.852 bits per heavy atom. The minimum absolute atomic E-state index is 0.168. The van der Waals surface area contributed by atoms with E-state index in [1.54, 1.807) is 17.7 Å². The first-order valence-corrected chi connectivity index (χ1v) is 9.57. The molecule has 1 aromatic heterocycles. The van der Waals surface area contributed by atoms with Gasteiger partial charge in [0.05, 0.1) is 10.2 Å². The summed E-state index contributed by atoms with van der Waals surface area (Å²) in [7, 11) is 0. The van der Waals surface area contributed by atoms with Crippen molar-refractivity contribution in [2.24, 2.45) is 5.10 Å². The third kappa shape index (κ3) is 2.50. The first-order valence-electron chi connectivity index (χ1n) is 8.76. The molecule has 0 spiro atoms. The third-order valence-electron chi connectivity index (χ3n) is 4.67. The topological polar surface area (TPSA) is 40.5 Å². The highest BCUT2D eigenvalue weighted by atomic mass is 32.1. The van der Waals surface area contributed by atoms with Crippen LogP contribution < -0.4 is 15.2 Å². The SMILES string of the molecule is Cc1ccc([N+]2(c3ccccc3)N=CNN2c2nc3ccccc3s2)cc1. The van der Waals surface area contributed by atoms with Gasteiger partial charge in [0.15, 0.2) is 17.7 Å². The second-order valence-corrected chi connectivity index (χ2v) is 7.43. The molecule has 5 nitrogen and oxygen atoms in total. The van der Waals surface area contributed by atoms with Gasteiger partial charge in [-0.15, -0.1) is 0 Å². The second-order valence-electron chi connectivity index (χ2n) is 6.42. The normalized spacial score (nSPS) is 18.8. The lowest BCUT2D eigenvalue weighted by Gasteiger charge is -2.33. The Balaban J connectivity index is 1.73. The molecule has 1 aliphatic rings. The molecule has 1 N–H and O–H groups in total. The molecule has 0 aliphatic carbocycles. The molecule has 0 saturated heterocycles. The lowest BCUT2D eigenvalue weighted by atomic mass is 10.2. The van der Waals surface area contributed by atoms with Crippen molar-refractivity contribution in [2.45, 2.75) is 6.92 Å². The Bertz CT molecular complexity index is 1090. The molecule has 1 unspecified atom stereocenters. The van der Waals surface area contributed by atoms with Crippen molar-refractivity contribution >= 4 is 44.4 Å². The van der Waals surface area contributed by atoms with E-state index in [0.717, 1.165) is 26.7 Å². The van der Waals surface area contributed by atoms with Crippen molar-refractivity contribution in [3.8, 4) is 0 Å². The molecule has 3 aromatic carbocycles. The molecule has 27 heavy (non-hydrogen) atoms. The van der Waals surface area contributed by atoms with Gasteiger partial charge in [-0.25, -0.2) is 10.4 Å². The van der Waals surface area contributed by atoms with Gasteiger partial charge in [0, 0.05) is 24.3 Å². The van der Waals surface area contributed by atoms with Crippen molar-refractivity contribution in [1.82, 2.24) is 15.1 Å². The molecule has 0 bridgehead atoms. The van der Waals surface area contributed by atoms with Gasteiger partial charge in [-0.2, -0.15) is 0 Å². The van der Waals surface area contributed by atoms with Crippen LogP contribution >= 0.6 is 11.3 Å². The molecular formula is C21H18N5S+. The van der Waals surface area contributed by atoms with Gasteiger partial charge in [0.25, 0.3) is 5.13 Å². The number of aromatic nitrogens is 1. The van der Waals surface area contributed by atoms with Crippen LogP contribution in [0.3, 0.4) is 0 Å². The number of para-hydroxylation sites is 2. The number of rotatable bonds is 3. The summed E-state index contributed by atoms with van der Waals surface area (Å²) in [5.74, 6) is 0. The maximum atomic E-state index is 4.86. The average Bonchev–Trinajstić information content (AvgIpc) is 3.34. The van der Waals surface area contributed by atoms with Crippen LogP contribution in [0.25, 0.3) is 10.2 Å². The fourth-order valence-electron chi connectivity index (χ4n) is 3.33. The number of anilines is 1. The predicted molar refractivity (Wildman–Crippen MR) is 113 cm³/mol. The molecule has 6 heteroatoms. The summed E-state index contributed by atoms with van der Waals surface area (Å²) in [4.78, 5) is 4.84. The van der Waals surface area contributed by atoms with Crippen LogP contribution in [0.15, 0.2) is 84.0 Å². The molecule has 0 radical (unpaired) electrons. The predicted octanol–water partition coefficient (Wildman–Crippen LogP) is 5.13. The average molecular weight is 372 g/mol. The van der Waals surface area contributed by atoms with E-state index in [9.17, 15) is 0 Å². The number of nitrogens with one attached hydrogen (secondary N) is 1. The number of thiazole rings is 1. The zero-order chi connectivity index (χ0) is 18.3. The molecule has 2 heterocycles. The molecular weight excluding hydrogens is 354 g/mol. The van der Waals surface area contributed by atoms with E-state index in [2.05, 4.69) is 54.8 Å². The molecule has 132 valence electrons. The van der Waals surface area contributed by atoms with E-state index in [1.807, 2.05) is 41.5 Å². The zero-order valence-corrected chi connectivity index (χ0v) is 15.6. The largest absolute Gasteiger partial charge is 0.262 e. The Labute approximate surface area is 161 Å². The third-order valence-corrected chi connectivity index (χ3v) is 5.68. The molecule has 1 aliphatic heterocycles. The molecule has 0 amide bonds. The van der Waals surface area contributed by atoms with Gasteiger partial charge in [0.1, 0.15) is 0 Å². The van der Waals surface area contributed by atoms with Crippen LogP contribution in [0, 0.1) is 6.92 Å². The maximum Gasteiger partial charge on any atom is 0.262 e. The van der Waals surface area contributed by atoms with Crippen molar-refractivity contribution in [2.75, 3.05) is 5.12 Å². The summed E-state index contributed by atoms with van der Waals surface area (Å²) >= 11 is 1.65. The summed E-state index contributed by atoms with van der Waals surface area (Å²) in [6.07, 6.45) is 1.74. The van der Waals surface area contributed by atoms with Crippen LogP contribution in [-0.4, -0.2) is 11.3 Å². The minimum Gasteiger partial charge on any atom is -0.233 e. The van der Waals surface area contributed by atoms with Gasteiger partial charge in [-0.1, -0.05) is 64.5 Å².